The molecule has 0 saturated heterocycles. The van der Waals surface area contributed by atoms with Gasteiger partial charge in [-0.15, -0.1) is 0 Å². The molecule has 0 bridgehead atoms. The summed E-state index contributed by atoms with van der Waals surface area (Å²) in [6, 6.07) is 0. The first-order valence-corrected chi connectivity index (χ1v) is 9.38. The number of fused-ring (bicyclic) bond motifs is 5. The van der Waals surface area contributed by atoms with Crippen LogP contribution in [0.15, 0.2) is 47.6 Å². The number of allylic oxidation sites excluding steroid dienone is 8. The fourth-order valence-electron chi connectivity index (χ4n) is 6.37. The van der Waals surface area contributed by atoms with Crippen LogP contribution in [-0.4, -0.2) is 11.7 Å². The summed E-state index contributed by atoms with van der Waals surface area (Å²) in [7, 11) is 0. The SMILES string of the molecule is C[C@@H]1C[C@H]2[C@@H]3C=CC4=CCC=C[C@]4(C)C3=CC[C@]2(C)[C@H]1CCO. The van der Waals surface area contributed by atoms with Crippen LogP contribution in [0.4, 0.5) is 0 Å². The third-order valence-electron chi connectivity index (χ3n) is 7.61. The molecule has 1 N–H and O–H groups in total. The van der Waals surface area contributed by atoms with E-state index in [1.54, 1.807) is 5.57 Å². The van der Waals surface area contributed by atoms with Gasteiger partial charge in [0.05, 0.1) is 0 Å². The van der Waals surface area contributed by atoms with Crippen molar-refractivity contribution in [2.75, 3.05) is 6.61 Å². The molecule has 0 unspecified atom stereocenters. The molecule has 0 amide bonds. The van der Waals surface area contributed by atoms with E-state index in [-0.39, 0.29) is 5.41 Å². The van der Waals surface area contributed by atoms with Gasteiger partial charge in [-0.3, -0.25) is 0 Å². The summed E-state index contributed by atoms with van der Waals surface area (Å²) in [5, 5.41) is 9.53. The Morgan fingerprint density at radius 2 is 2.09 bits per heavy atom. The third-order valence-corrected chi connectivity index (χ3v) is 7.61. The van der Waals surface area contributed by atoms with Crippen molar-refractivity contribution in [1.29, 1.82) is 0 Å². The first-order chi connectivity index (χ1) is 11.0. The minimum absolute atomic E-state index is 0.122. The molecule has 6 atom stereocenters. The highest BCUT2D eigenvalue weighted by Gasteiger charge is 2.56. The lowest BCUT2D eigenvalue weighted by Crippen LogP contribution is -2.41. The third kappa shape index (κ3) is 2.02. The molecule has 4 aliphatic carbocycles. The first-order valence-electron chi connectivity index (χ1n) is 9.38. The second-order valence-corrected chi connectivity index (χ2v) is 8.69. The van der Waals surface area contributed by atoms with Crippen LogP contribution in [0, 0.1) is 34.5 Å². The molecule has 0 spiro atoms. The standard InChI is InChI=1S/C22H30O/c1-15-14-20-17-8-7-16-6-4-5-11-21(16,2)19(17)9-12-22(20,3)18(15)10-13-23/h5-9,11,15,17-18,20,23H,4,10,12-14H2,1-3H3/t15-,17-,18+,20+,21+,22-/m1/s1. The minimum atomic E-state index is 0.122. The second kappa shape index (κ2) is 5.21. The zero-order chi connectivity index (χ0) is 16.2. The van der Waals surface area contributed by atoms with E-state index in [0.29, 0.717) is 23.9 Å². The van der Waals surface area contributed by atoms with E-state index in [4.69, 9.17) is 0 Å². The van der Waals surface area contributed by atoms with Crippen molar-refractivity contribution in [3.8, 4) is 0 Å². The molecule has 1 saturated carbocycles. The number of rotatable bonds is 2. The molecule has 23 heavy (non-hydrogen) atoms. The second-order valence-electron chi connectivity index (χ2n) is 8.69. The average molecular weight is 310 g/mol. The van der Waals surface area contributed by atoms with Crippen LogP contribution in [0.5, 0.6) is 0 Å². The first kappa shape index (κ1) is 15.4. The molecular weight excluding hydrogens is 280 g/mol. The lowest BCUT2D eigenvalue weighted by molar-refractivity contribution is 0.0900. The average Bonchev–Trinajstić information content (AvgIpc) is 2.79. The maximum Gasteiger partial charge on any atom is 0.0433 e. The van der Waals surface area contributed by atoms with Gasteiger partial charge in [0.1, 0.15) is 0 Å². The van der Waals surface area contributed by atoms with Gasteiger partial charge in [-0.25, -0.2) is 0 Å². The van der Waals surface area contributed by atoms with Crippen LogP contribution >= 0.6 is 0 Å². The predicted molar refractivity (Wildman–Crippen MR) is 95.8 cm³/mol. The van der Waals surface area contributed by atoms with Crippen LogP contribution in [0.25, 0.3) is 0 Å². The van der Waals surface area contributed by atoms with Gasteiger partial charge in [-0.05, 0) is 61.3 Å². The van der Waals surface area contributed by atoms with Gasteiger partial charge in [0.25, 0.3) is 0 Å². The number of aliphatic hydroxyl groups is 1. The van der Waals surface area contributed by atoms with Crippen molar-refractivity contribution in [1.82, 2.24) is 0 Å². The van der Waals surface area contributed by atoms with Gasteiger partial charge in [0.15, 0.2) is 0 Å². The Kier molecular flexibility index (Phi) is 3.50. The normalized spacial score (nSPS) is 47.5. The highest BCUT2D eigenvalue weighted by Crippen LogP contribution is 2.64. The van der Waals surface area contributed by atoms with Gasteiger partial charge in [-0.1, -0.05) is 55.9 Å². The van der Waals surface area contributed by atoms with Crippen LogP contribution in [0.2, 0.25) is 0 Å². The molecular formula is C22H30O. The number of hydrogen-bond acceptors (Lipinski definition) is 1. The van der Waals surface area contributed by atoms with Gasteiger partial charge in [0, 0.05) is 17.9 Å². The zero-order valence-electron chi connectivity index (χ0n) is 14.8. The van der Waals surface area contributed by atoms with Crippen molar-refractivity contribution < 1.29 is 5.11 Å². The molecule has 124 valence electrons. The quantitative estimate of drug-likeness (QED) is 0.707. The summed E-state index contributed by atoms with van der Waals surface area (Å²) in [6.45, 7) is 7.64. The van der Waals surface area contributed by atoms with E-state index in [2.05, 4.69) is 57.2 Å². The summed E-state index contributed by atoms with van der Waals surface area (Å²) < 4.78 is 0. The lowest BCUT2D eigenvalue weighted by Gasteiger charge is -2.50. The van der Waals surface area contributed by atoms with E-state index in [1.165, 1.54) is 18.4 Å². The van der Waals surface area contributed by atoms with Crippen molar-refractivity contribution >= 4 is 0 Å². The van der Waals surface area contributed by atoms with Crippen molar-refractivity contribution in [3.05, 3.63) is 47.6 Å². The molecule has 1 nitrogen and oxygen atoms in total. The van der Waals surface area contributed by atoms with E-state index in [9.17, 15) is 5.11 Å². The molecule has 4 rings (SSSR count). The largest absolute Gasteiger partial charge is 0.396 e. The van der Waals surface area contributed by atoms with E-state index in [1.807, 2.05) is 0 Å². The maximum atomic E-state index is 9.53. The topological polar surface area (TPSA) is 20.2 Å². The summed E-state index contributed by atoms with van der Waals surface area (Å²) in [5.41, 5.74) is 3.61. The Hall–Kier alpha value is -1.08. The number of hydrogen-bond donors (Lipinski definition) is 1. The summed E-state index contributed by atoms with van der Waals surface area (Å²) in [6.07, 6.45) is 19.2. The molecule has 0 aliphatic heterocycles. The van der Waals surface area contributed by atoms with Crippen molar-refractivity contribution in [3.63, 3.8) is 0 Å². The minimum Gasteiger partial charge on any atom is -0.396 e. The lowest BCUT2D eigenvalue weighted by atomic mass is 9.54. The van der Waals surface area contributed by atoms with E-state index >= 15 is 0 Å². The summed E-state index contributed by atoms with van der Waals surface area (Å²) in [5.74, 6) is 2.71. The Morgan fingerprint density at radius 1 is 1.26 bits per heavy atom. The molecule has 0 radical (unpaired) electrons. The summed E-state index contributed by atoms with van der Waals surface area (Å²) in [4.78, 5) is 0. The maximum absolute atomic E-state index is 9.53. The smallest absolute Gasteiger partial charge is 0.0433 e. The Labute approximate surface area is 140 Å². The Morgan fingerprint density at radius 3 is 2.87 bits per heavy atom. The van der Waals surface area contributed by atoms with Crippen molar-refractivity contribution in [2.45, 2.75) is 46.5 Å². The van der Waals surface area contributed by atoms with Crippen LogP contribution in [0.1, 0.15) is 46.5 Å². The molecule has 4 aliphatic rings. The van der Waals surface area contributed by atoms with Gasteiger partial charge in [0.2, 0.25) is 0 Å². The van der Waals surface area contributed by atoms with Gasteiger partial charge >= 0.3 is 0 Å². The van der Waals surface area contributed by atoms with E-state index in [0.717, 1.165) is 24.7 Å². The summed E-state index contributed by atoms with van der Waals surface area (Å²) >= 11 is 0. The van der Waals surface area contributed by atoms with Crippen LogP contribution in [0.3, 0.4) is 0 Å². The number of aliphatic hydroxyl groups excluding tert-OH is 1. The Bertz CT molecular complexity index is 622. The monoisotopic (exact) mass is 310 g/mol. The molecule has 1 fully saturated rings. The fraction of sp³-hybridized carbons (Fsp3) is 0.636. The fourth-order valence-corrected chi connectivity index (χ4v) is 6.37. The molecule has 0 aromatic heterocycles. The Balaban J connectivity index is 1.76. The molecule has 1 heteroatoms. The van der Waals surface area contributed by atoms with Crippen molar-refractivity contribution in [2.24, 2.45) is 34.5 Å². The van der Waals surface area contributed by atoms with Crippen LogP contribution in [-0.2, 0) is 0 Å². The van der Waals surface area contributed by atoms with E-state index < -0.39 is 0 Å². The molecule has 0 heterocycles. The molecule has 0 aromatic carbocycles. The van der Waals surface area contributed by atoms with Crippen LogP contribution < -0.4 is 0 Å². The van der Waals surface area contributed by atoms with Gasteiger partial charge < -0.3 is 5.11 Å². The van der Waals surface area contributed by atoms with Gasteiger partial charge in [-0.2, -0.15) is 0 Å². The zero-order valence-corrected chi connectivity index (χ0v) is 14.8. The molecule has 0 aromatic rings. The highest BCUT2D eigenvalue weighted by molar-refractivity contribution is 5.50. The predicted octanol–water partition coefficient (Wildman–Crippen LogP) is 5.06. The highest BCUT2D eigenvalue weighted by atomic mass is 16.3.